The molecule has 0 bridgehead atoms. The molecule has 3 aromatic rings. The average Bonchev–Trinajstić information content (AvgIpc) is 3.31. The van der Waals surface area contributed by atoms with Crippen molar-refractivity contribution in [3.8, 4) is 22.8 Å². The lowest BCUT2D eigenvalue weighted by molar-refractivity contribution is -0.146. The van der Waals surface area contributed by atoms with E-state index in [-0.39, 0.29) is 28.7 Å². The molecule has 0 fully saturated rings. The van der Waals surface area contributed by atoms with E-state index < -0.39 is 38.7 Å². The molecule has 34 heavy (non-hydrogen) atoms. The summed E-state index contributed by atoms with van der Waals surface area (Å²) in [4.78, 5) is 14.1. The van der Waals surface area contributed by atoms with Gasteiger partial charge < -0.3 is 14.1 Å². The molecule has 184 valence electrons. The van der Waals surface area contributed by atoms with Gasteiger partial charge in [-0.2, -0.15) is 18.3 Å². The van der Waals surface area contributed by atoms with Crippen LogP contribution < -0.4 is 0 Å². The van der Waals surface area contributed by atoms with Crippen LogP contribution in [0.2, 0.25) is 0 Å². The van der Waals surface area contributed by atoms with Crippen molar-refractivity contribution in [3.63, 3.8) is 0 Å². The number of sulfone groups is 1. The Balaban J connectivity index is 1.99. The highest BCUT2D eigenvalue weighted by molar-refractivity contribution is 9.10. The molecule has 2 heterocycles. The van der Waals surface area contributed by atoms with Crippen LogP contribution in [0.4, 0.5) is 13.2 Å². The third-order valence-corrected chi connectivity index (χ3v) is 6.49. The molecule has 0 unspecified atom stereocenters. The number of ether oxygens (including phenoxy) is 1. The quantitative estimate of drug-likeness (QED) is 0.381. The van der Waals surface area contributed by atoms with E-state index in [0.29, 0.717) is 12.1 Å². The van der Waals surface area contributed by atoms with E-state index in [4.69, 9.17) is 9.15 Å². The largest absolute Gasteiger partial charge is 0.463 e. The predicted molar refractivity (Wildman–Crippen MR) is 121 cm³/mol. The number of likely N-dealkylation sites (N-methyl/N-ethyl adjacent to an activating group) is 1. The summed E-state index contributed by atoms with van der Waals surface area (Å²) in [6.45, 7) is -0.0579. The van der Waals surface area contributed by atoms with Crippen LogP contribution in [0.3, 0.4) is 0 Å². The highest BCUT2D eigenvalue weighted by Crippen LogP contribution is 2.41. The molecule has 0 atom stereocenters. The van der Waals surface area contributed by atoms with Crippen LogP contribution in [-0.4, -0.2) is 62.6 Å². The van der Waals surface area contributed by atoms with E-state index in [1.54, 1.807) is 25.1 Å². The van der Waals surface area contributed by atoms with Crippen molar-refractivity contribution in [1.82, 2.24) is 14.7 Å². The average molecular weight is 564 g/mol. The number of esters is 1. The minimum Gasteiger partial charge on any atom is -0.463 e. The topological polar surface area (TPSA) is 94.6 Å². The fourth-order valence-corrected chi connectivity index (χ4v) is 4.35. The maximum Gasteiger partial charge on any atom is 0.436 e. The Morgan fingerprint density at radius 1 is 1.21 bits per heavy atom. The molecule has 0 radical (unpaired) electrons. The molecular weight excluding hydrogens is 543 g/mol. The normalized spacial score (nSPS) is 12.4. The number of benzene rings is 1. The molecule has 1 aromatic carbocycles. The number of alkyl halides is 3. The number of hydrogen-bond acceptors (Lipinski definition) is 7. The molecule has 0 aliphatic carbocycles. The second-order valence-corrected chi connectivity index (χ2v) is 10.5. The predicted octanol–water partition coefficient (Wildman–Crippen LogP) is 4.10. The molecular formula is C21H21BrF3N3O5S. The summed E-state index contributed by atoms with van der Waals surface area (Å²) in [6, 6.07) is 8.85. The van der Waals surface area contributed by atoms with Gasteiger partial charge in [-0.3, -0.25) is 4.79 Å². The van der Waals surface area contributed by atoms with Crippen molar-refractivity contribution in [2.45, 2.75) is 17.6 Å². The molecule has 0 saturated carbocycles. The zero-order valence-electron chi connectivity index (χ0n) is 18.4. The summed E-state index contributed by atoms with van der Waals surface area (Å²) < 4.78 is 75.5. The molecule has 3 rings (SSSR count). The summed E-state index contributed by atoms with van der Waals surface area (Å²) in [5.41, 5.74) is -0.918. The Morgan fingerprint density at radius 2 is 1.88 bits per heavy atom. The van der Waals surface area contributed by atoms with Crippen molar-refractivity contribution in [3.05, 3.63) is 46.6 Å². The van der Waals surface area contributed by atoms with Crippen molar-refractivity contribution in [2.75, 3.05) is 33.5 Å². The number of nitrogens with zero attached hydrogens (tertiary/aromatic N) is 3. The van der Waals surface area contributed by atoms with Gasteiger partial charge in [0.2, 0.25) is 0 Å². The lowest BCUT2D eigenvalue weighted by Crippen LogP contribution is -2.22. The number of hydrogen-bond donors (Lipinski definition) is 0. The first-order valence-electron chi connectivity index (χ1n) is 9.82. The molecule has 13 heteroatoms. The van der Waals surface area contributed by atoms with Gasteiger partial charge >= 0.3 is 12.1 Å². The zero-order chi connectivity index (χ0) is 25.3. The van der Waals surface area contributed by atoms with E-state index in [9.17, 15) is 26.4 Å². The first kappa shape index (κ1) is 26.0. The van der Waals surface area contributed by atoms with Crippen molar-refractivity contribution in [1.29, 1.82) is 0 Å². The van der Waals surface area contributed by atoms with Gasteiger partial charge in [-0.05, 0) is 54.3 Å². The Bertz CT molecular complexity index is 1300. The van der Waals surface area contributed by atoms with Crippen LogP contribution in [-0.2, 0) is 32.1 Å². The Kier molecular flexibility index (Phi) is 7.58. The molecule has 0 spiro atoms. The summed E-state index contributed by atoms with van der Waals surface area (Å²) in [5, 5.41) is 3.56. The van der Waals surface area contributed by atoms with E-state index in [0.717, 1.165) is 10.9 Å². The standard InChI is InChI=1S/C21H21BrF3N3O5S/c1-27(2)9-10-32-17(29)12-28-19(18(22)20(26-28)21(23,24)25)16-8-7-15(33-16)13-5-4-6-14(11-13)34(3,30)31/h4-8,11H,9-10,12H2,1-3H3. The molecule has 0 N–H and O–H groups in total. The first-order chi connectivity index (χ1) is 15.8. The molecule has 8 nitrogen and oxygen atoms in total. The lowest BCUT2D eigenvalue weighted by Gasteiger charge is -2.10. The zero-order valence-corrected chi connectivity index (χ0v) is 20.8. The van der Waals surface area contributed by atoms with Crippen LogP contribution in [0.25, 0.3) is 22.8 Å². The molecule has 0 aliphatic heterocycles. The van der Waals surface area contributed by atoms with Crippen LogP contribution in [0.5, 0.6) is 0 Å². The van der Waals surface area contributed by atoms with Crippen LogP contribution in [0, 0.1) is 0 Å². The van der Waals surface area contributed by atoms with Gasteiger partial charge in [0.05, 0.1) is 9.37 Å². The fourth-order valence-electron chi connectivity index (χ4n) is 2.98. The van der Waals surface area contributed by atoms with Gasteiger partial charge in [0.15, 0.2) is 21.3 Å². The highest BCUT2D eigenvalue weighted by Gasteiger charge is 2.39. The Labute approximate surface area is 202 Å². The molecule has 0 aliphatic rings. The lowest BCUT2D eigenvalue weighted by atomic mass is 10.2. The maximum absolute atomic E-state index is 13.5. The monoisotopic (exact) mass is 563 g/mol. The maximum atomic E-state index is 13.5. The van der Waals surface area contributed by atoms with E-state index >= 15 is 0 Å². The second-order valence-electron chi connectivity index (χ2n) is 7.65. The highest BCUT2D eigenvalue weighted by atomic mass is 79.9. The molecule has 2 aromatic heterocycles. The van der Waals surface area contributed by atoms with Crippen LogP contribution in [0.15, 0.2) is 50.2 Å². The first-order valence-corrected chi connectivity index (χ1v) is 12.5. The number of halogens is 4. The number of rotatable bonds is 8. The van der Waals surface area contributed by atoms with Gasteiger partial charge in [-0.25, -0.2) is 13.1 Å². The van der Waals surface area contributed by atoms with Crippen molar-refractivity contribution in [2.24, 2.45) is 0 Å². The summed E-state index contributed by atoms with van der Waals surface area (Å²) in [5.74, 6) is -0.544. The number of carbonyl (C=O) groups is 1. The fraction of sp³-hybridized carbons (Fsp3) is 0.333. The van der Waals surface area contributed by atoms with E-state index in [1.165, 1.54) is 30.3 Å². The SMILES string of the molecule is CN(C)CCOC(=O)Cn1nc(C(F)(F)F)c(Br)c1-c1ccc(-c2cccc(S(C)(=O)=O)c2)o1. The number of carbonyl (C=O) groups excluding carboxylic acids is 1. The molecule has 0 amide bonds. The summed E-state index contributed by atoms with van der Waals surface area (Å²) in [7, 11) is 0.0935. The van der Waals surface area contributed by atoms with Crippen LogP contribution in [0.1, 0.15) is 5.69 Å². The Hall–Kier alpha value is -2.64. The van der Waals surface area contributed by atoms with Gasteiger partial charge in [0.1, 0.15) is 24.6 Å². The smallest absolute Gasteiger partial charge is 0.436 e. The number of aromatic nitrogens is 2. The van der Waals surface area contributed by atoms with Crippen molar-refractivity contribution < 1.29 is 35.5 Å². The minimum absolute atomic E-state index is 0.00396. The van der Waals surface area contributed by atoms with Gasteiger partial charge in [0, 0.05) is 18.4 Å². The van der Waals surface area contributed by atoms with Crippen LogP contribution >= 0.6 is 15.9 Å². The third-order valence-electron chi connectivity index (χ3n) is 4.63. The number of furan rings is 1. The third kappa shape index (κ3) is 6.07. The second kappa shape index (κ2) is 9.92. The summed E-state index contributed by atoms with van der Waals surface area (Å²) >= 11 is 2.94. The molecule has 0 saturated heterocycles. The Morgan fingerprint density at radius 3 is 2.50 bits per heavy atom. The van der Waals surface area contributed by atoms with Gasteiger partial charge in [0.25, 0.3) is 0 Å². The van der Waals surface area contributed by atoms with E-state index in [2.05, 4.69) is 21.0 Å². The van der Waals surface area contributed by atoms with Gasteiger partial charge in [-0.15, -0.1) is 0 Å². The summed E-state index contributed by atoms with van der Waals surface area (Å²) in [6.07, 6.45) is -3.72. The minimum atomic E-state index is -4.78. The van der Waals surface area contributed by atoms with Crippen molar-refractivity contribution >= 4 is 31.7 Å². The van der Waals surface area contributed by atoms with Gasteiger partial charge in [-0.1, -0.05) is 12.1 Å². The van der Waals surface area contributed by atoms with E-state index in [1.807, 2.05) is 0 Å².